The van der Waals surface area contributed by atoms with Crippen LogP contribution in [0.4, 0.5) is 4.79 Å². The summed E-state index contributed by atoms with van der Waals surface area (Å²) in [6, 6.07) is -0.0862. The van der Waals surface area contributed by atoms with Gasteiger partial charge in [-0.25, -0.2) is 9.80 Å². The monoisotopic (exact) mass is 173 g/mol. The predicted molar refractivity (Wildman–Crippen MR) is 44.6 cm³/mol. The van der Waals surface area contributed by atoms with E-state index < -0.39 is 0 Å². The summed E-state index contributed by atoms with van der Waals surface area (Å²) < 4.78 is 5.14. The summed E-state index contributed by atoms with van der Waals surface area (Å²) >= 11 is 0. The van der Waals surface area contributed by atoms with E-state index in [9.17, 15) is 4.79 Å². The van der Waals surface area contributed by atoms with Gasteiger partial charge in [0.1, 0.15) is 0 Å². The minimum atomic E-state index is -0.0862. The third-order valence-electron chi connectivity index (χ3n) is 1.67. The lowest BCUT2D eigenvalue weighted by Crippen LogP contribution is -2.51. The van der Waals surface area contributed by atoms with Crippen LogP contribution in [0.5, 0.6) is 0 Å². The number of hydrazine groups is 1. The highest BCUT2D eigenvalue weighted by molar-refractivity contribution is 5.72. The molecule has 12 heavy (non-hydrogen) atoms. The highest BCUT2D eigenvalue weighted by Crippen LogP contribution is 1.92. The standard InChI is InChI=1S/C7H15N3O2/c1-9(2)7(11)8-10-3-5-12-6-4-10/h3-6H2,1-2H3,(H,8,11). The number of nitrogens with one attached hydrogen (secondary N) is 1. The van der Waals surface area contributed by atoms with Crippen molar-refractivity contribution in [3.05, 3.63) is 0 Å². The average Bonchev–Trinajstić information content (AvgIpc) is 2.06. The molecule has 0 aromatic heterocycles. The first kappa shape index (κ1) is 9.28. The van der Waals surface area contributed by atoms with Crippen LogP contribution in [0.15, 0.2) is 0 Å². The Hall–Kier alpha value is -0.810. The molecule has 0 spiro atoms. The molecule has 0 aromatic carbocycles. The van der Waals surface area contributed by atoms with E-state index in [-0.39, 0.29) is 6.03 Å². The summed E-state index contributed by atoms with van der Waals surface area (Å²) in [5.74, 6) is 0. The number of hydrogen-bond donors (Lipinski definition) is 1. The van der Waals surface area contributed by atoms with Crippen molar-refractivity contribution in [1.29, 1.82) is 0 Å². The van der Waals surface area contributed by atoms with Crippen molar-refractivity contribution in [3.63, 3.8) is 0 Å². The molecule has 0 atom stereocenters. The lowest BCUT2D eigenvalue weighted by molar-refractivity contribution is 0.0172. The first-order valence-electron chi connectivity index (χ1n) is 4.01. The molecule has 1 rings (SSSR count). The number of carbonyl (C=O) groups is 1. The van der Waals surface area contributed by atoms with Crippen molar-refractivity contribution in [1.82, 2.24) is 15.3 Å². The van der Waals surface area contributed by atoms with Crippen LogP contribution in [0.25, 0.3) is 0 Å². The summed E-state index contributed by atoms with van der Waals surface area (Å²) in [6.07, 6.45) is 0. The Kier molecular flexibility index (Phi) is 3.31. The summed E-state index contributed by atoms with van der Waals surface area (Å²) in [5, 5.41) is 1.87. The average molecular weight is 173 g/mol. The van der Waals surface area contributed by atoms with E-state index in [0.717, 1.165) is 13.1 Å². The maximum absolute atomic E-state index is 11.1. The Morgan fingerprint density at radius 2 is 2.00 bits per heavy atom. The van der Waals surface area contributed by atoms with Crippen LogP contribution < -0.4 is 5.43 Å². The lowest BCUT2D eigenvalue weighted by atomic mass is 10.5. The fourth-order valence-electron chi connectivity index (χ4n) is 0.910. The van der Waals surface area contributed by atoms with Crippen molar-refractivity contribution in [2.75, 3.05) is 40.4 Å². The lowest BCUT2D eigenvalue weighted by Gasteiger charge is -2.28. The van der Waals surface area contributed by atoms with Crippen molar-refractivity contribution in [3.8, 4) is 0 Å². The third kappa shape index (κ3) is 2.67. The maximum atomic E-state index is 11.1. The molecule has 1 aliphatic heterocycles. The number of carbonyl (C=O) groups excluding carboxylic acids is 1. The van der Waals surface area contributed by atoms with Gasteiger partial charge < -0.3 is 9.64 Å². The first-order chi connectivity index (χ1) is 5.70. The van der Waals surface area contributed by atoms with Gasteiger partial charge in [0.25, 0.3) is 0 Å². The van der Waals surface area contributed by atoms with Crippen molar-refractivity contribution in [2.45, 2.75) is 0 Å². The van der Waals surface area contributed by atoms with Gasteiger partial charge in [-0.05, 0) is 0 Å². The van der Waals surface area contributed by atoms with Gasteiger partial charge in [0, 0.05) is 27.2 Å². The van der Waals surface area contributed by atoms with Crippen LogP contribution in [0.1, 0.15) is 0 Å². The first-order valence-corrected chi connectivity index (χ1v) is 4.01. The van der Waals surface area contributed by atoms with Gasteiger partial charge in [-0.15, -0.1) is 0 Å². The second kappa shape index (κ2) is 4.27. The molecule has 0 aliphatic carbocycles. The second-order valence-electron chi connectivity index (χ2n) is 2.91. The Labute approximate surface area is 72.2 Å². The van der Waals surface area contributed by atoms with Crippen LogP contribution in [0.2, 0.25) is 0 Å². The number of morpholine rings is 1. The summed E-state index contributed by atoms with van der Waals surface area (Å²) in [5.41, 5.74) is 2.76. The third-order valence-corrected chi connectivity index (χ3v) is 1.67. The minimum absolute atomic E-state index is 0.0862. The molecule has 0 unspecified atom stereocenters. The van der Waals surface area contributed by atoms with Gasteiger partial charge in [0.15, 0.2) is 0 Å². The Morgan fingerprint density at radius 3 is 2.50 bits per heavy atom. The van der Waals surface area contributed by atoms with Gasteiger partial charge in [0.2, 0.25) is 0 Å². The molecule has 1 heterocycles. The van der Waals surface area contributed by atoms with Crippen LogP contribution in [-0.2, 0) is 4.74 Å². The van der Waals surface area contributed by atoms with E-state index in [1.165, 1.54) is 4.90 Å². The maximum Gasteiger partial charge on any atom is 0.331 e. The predicted octanol–water partition coefficient (Wildman–Crippen LogP) is -0.495. The molecule has 2 amide bonds. The molecule has 70 valence electrons. The smallest absolute Gasteiger partial charge is 0.331 e. The zero-order chi connectivity index (χ0) is 8.97. The van der Waals surface area contributed by atoms with Gasteiger partial charge in [0.05, 0.1) is 13.2 Å². The van der Waals surface area contributed by atoms with E-state index >= 15 is 0 Å². The quantitative estimate of drug-likeness (QED) is 0.581. The number of urea groups is 1. The molecular formula is C7H15N3O2. The normalized spacial score (nSPS) is 18.8. The molecule has 1 fully saturated rings. The Balaban J connectivity index is 2.24. The van der Waals surface area contributed by atoms with Crippen LogP contribution >= 0.6 is 0 Å². The minimum Gasteiger partial charge on any atom is -0.379 e. The molecule has 1 N–H and O–H groups in total. The molecule has 5 nitrogen and oxygen atoms in total. The molecule has 5 heteroatoms. The van der Waals surface area contributed by atoms with E-state index in [1.807, 2.05) is 5.01 Å². The Morgan fingerprint density at radius 1 is 1.42 bits per heavy atom. The second-order valence-corrected chi connectivity index (χ2v) is 2.91. The molecule has 1 aliphatic rings. The SMILES string of the molecule is CN(C)C(=O)NN1CCOCC1. The van der Waals surface area contributed by atoms with Gasteiger partial charge in [-0.3, -0.25) is 5.43 Å². The molecule has 0 aromatic rings. The zero-order valence-corrected chi connectivity index (χ0v) is 7.54. The van der Waals surface area contributed by atoms with E-state index in [2.05, 4.69) is 5.43 Å². The topological polar surface area (TPSA) is 44.8 Å². The molecular weight excluding hydrogens is 158 g/mol. The molecule has 0 saturated carbocycles. The van der Waals surface area contributed by atoms with E-state index in [1.54, 1.807) is 14.1 Å². The number of nitrogens with zero attached hydrogens (tertiary/aromatic N) is 2. The highest BCUT2D eigenvalue weighted by Gasteiger charge is 2.13. The van der Waals surface area contributed by atoms with Crippen LogP contribution in [-0.4, -0.2) is 56.3 Å². The van der Waals surface area contributed by atoms with Crippen molar-refractivity contribution < 1.29 is 9.53 Å². The van der Waals surface area contributed by atoms with Gasteiger partial charge in [-0.1, -0.05) is 0 Å². The summed E-state index contributed by atoms with van der Waals surface area (Å²) in [7, 11) is 3.44. The Bertz CT molecular complexity index is 155. The molecule has 0 bridgehead atoms. The van der Waals surface area contributed by atoms with Crippen molar-refractivity contribution >= 4 is 6.03 Å². The van der Waals surface area contributed by atoms with Crippen LogP contribution in [0, 0.1) is 0 Å². The van der Waals surface area contributed by atoms with E-state index in [4.69, 9.17) is 4.74 Å². The largest absolute Gasteiger partial charge is 0.379 e. The number of rotatable bonds is 1. The number of amides is 2. The molecule has 0 radical (unpaired) electrons. The zero-order valence-electron chi connectivity index (χ0n) is 7.54. The summed E-state index contributed by atoms with van der Waals surface area (Å²) in [6.45, 7) is 2.90. The van der Waals surface area contributed by atoms with Crippen LogP contribution in [0.3, 0.4) is 0 Å². The fraction of sp³-hybridized carbons (Fsp3) is 0.857. The van der Waals surface area contributed by atoms with Crippen molar-refractivity contribution in [2.24, 2.45) is 0 Å². The fourth-order valence-corrected chi connectivity index (χ4v) is 0.910. The van der Waals surface area contributed by atoms with Gasteiger partial charge >= 0.3 is 6.03 Å². The highest BCUT2D eigenvalue weighted by atomic mass is 16.5. The van der Waals surface area contributed by atoms with E-state index in [0.29, 0.717) is 13.2 Å². The number of hydrogen-bond acceptors (Lipinski definition) is 3. The molecule has 1 saturated heterocycles. The number of ether oxygens (including phenoxy) is 1. The summed E-state index contributed by atoms with van der Waals surface area (Å²) in [4.78, 5) is 12.7. The van der Waals surface area contributed by atoms with Gasteiger partial charge in [-0.2, -0.15) is 0 Å².